The molecule has 25 heavy (non-hydrogen) atoms. The molecule has 0 radical (unpaired) electrons. The molecule has 1 saturated carbocycles. The van der Waals surface area contributed by atoms with E-state index in [9.17, 15) is 9.59 Å². The number of hydrogen-bond donors (Lipinski definition) is 1. The second kappa shape index (κ2) is 7.51. The Balaban J connectivity index is 1.76. The Labute approximate surface area is 148 Å². The summed E-state index contributed by atoms with van der Waals surface area (Å²) in [4.78, 5) is 25.0. The van der Waals surface area contributed by atoms with E-state index in [4.69, 9.17) is 4.74 Å². The Kier molecular flexibility index (Phi) is 5.17. The molecule has 130 valence electrons. The molecule has 1 atom stereocenters. The molecule has 3 rings (SSSR count). The van der Waals surface area contributed by atoms with Crippen molar-refractivity contribution in [1.82, 2.24) is 5.32 Å². The third kappa shape index (κ3) is 4.47. The maximum absolute atomic E-state index is 12.5. The van der Waals surface area contributed by atoms with Crippen LogP contribution in [0.1, 0.15) is 60.2 Å². The summed E-state index contributed by atoms with van der Waals surface area (Å²) in [7, 11) is 0. The fourth-order valence-corrected chi connectivity index (χ4v) is 2.58. The first-order chi connectivity index (χ1) is 12.0. The first-order valence-corrected chi connectivity index (χ1v) is 8.71. The van der Waals surface area contributed by atoms with Crippen LogP contribution in [0.5, 0.6) is 0 Å². The number of esters is 1. The van der Waals surface area contributed by atoms with Crippen molar-refractivity contribution >= 4 is 11.9 Å². The third-order valence-corrected chi connectivity index (χ3v) is 4.30. The van der Waals surface area contributed by atoms with E-state index in [1.54, 1.807) is 24.3 Å². The number of amides is 1. The summed E-state index contributed by atoms with van der Waals surface area (Å²) < 4.78 is 5.56. The summed E-state index contributed by atoms with van der Waals surface area (Å²) in [6.45, 7) is 4.20. The number of nitrogens with one attached hydrogen (secondary N) is 1. The lowest BCUT2D eigenvalue weighted by molar-refractivity contribution is -0.130. The molecular weight excluding hydrogens is 314 g/mol. The Morgan fingerprint density at radius 1 is 0.960 bits per heavy atom. The maximum atomic E-state index is 12.5. The second-order valence-electron chi connectivity index (χ2n) is 6.76. The molecule has 4 heteroatoms. The molecule has 1 N–H and O–H groups in total. The summed E-state index contributed by atoms with van der Waals surface area (Å²) in [6, 6.07) is 16.7. The van der Waals surface area contributed by atoms with Crippen molar-refractivity contribution in [2.75, 3.05) is 0 Å². The average molecular weight is 337 g/mol. The number of carbonyl (C=O) groups is 2. The predicted molar refractivity (Wildman–Crippen MR) is 96.3 cm³/mol. The van der Waals surface area contributed by atoms with Gasteiger partial charge in [-0.2, -0.15) is 0 Å². The molecule has 4 nitrogen and oxygen atoms in total. The Morgan fingerprint density at radius 3 is 2.16 bits per heavy atom. The van der Waals surface area contributed by atoms with Gasteiger partial charge in [0.2, 0.25) is 6.10 Å². The number of hydrogen-bond acceptors (Lipinski definition) is 3. The zero-order chi connectivity index (χ0) is 17.8. The first-order valence-electron chi connectivity index (χ1n) is 8.71. The summed E-state index contributed by atoms with van der Waals surface area (Å²) >= 11 is 0. The van der Waals surface area contributed by atoms with Crippen LogP contribution < -0.4 is 5.32 Å². The standard InChI is InChI=1S/C21H23NO3/c1-14(2)15-8-10-17(11-9-15)21(24)25-19(16-6-4-3-5-7-16)20(23)22-18-12-13-18/h3-11,14,18-19H,12-13H2,1-2H3,(H,22,23)/t19-/m0/s1. The van der Waals surface area contributed by atoms with Gasteiger partial charge in [-0.25, -0.2) is 4.79 Å². The highest BCUT2D eigenvalue weighted by molar-refractivity contribution is 5.92. The number of ether oxygens (including phenoxy) is 1. The van der Waals surface area contributed by atoms with Crippen molar-refractivity contribution in [3.05, 3.63) is 71.3 Å². The van der Waals surface area contributed by atoms with E-state index >= 15 is 0 Å². The van der Waals surface area contributed by atoms with E-state index in [0.29, 0.717) is 17.0 Å². The lowest BCUT2D eigenvalue weighted by Crippen LogP contribution is -2.33. The van der Waals surface area contributed by atoms with Crippen LogP contribution in [0.3, 0.4) is 0 Å². The minimum atomic E-state index is -0.931. The van der Waals surface area contributed by atoms with Crippen LogP contribution >= 0.6 is 0 Å². The van der Waals surface area contributed by atoms with E-state index in [1.807, 2.05) is 30.3 Å². The van der Waals surface area contributed by atoms with Crippen LogP contribution in [0.15, 0.2) is 54.6 Å². The fraction of sp³-hybridized carbons (Fsp3) is 0.333. The predicted octanol–water partition coefficient (Wildman–Crippen LogP) is 3.99. The maximum Gasteiger partial charge on any atom is 0.339 e. The van der Waals surface area contributed by atoms with E-state index in [0.717, 1.165) is 18.4 Å². The van der Waals surface area contributed by atoms with Gasteiger partial charge < -0.3 is 10.1 Å². The van der Waals surface area contributed by atoms with Gasteiger partial charge in [0.05, 0.1) is 5.56 Å². The molecule has 0 heterocycles. The Morgan fingerprint density at radius 2 is 1.60 bits per heavy atom. The van der Waals surface area contributed by atoms with Gasteiger partial charge in [0.25, 0.3) is 5.91 Å². The van der Waals surface area contributed by atoms with Gasteiger partial charge in [0.1, 0.15) is 0 Å². The van der Waals surface area contributed by atoms with Crippen LogP contribution in [-0.4, -0.2) is 17.9 Å². The summed E-state index contributed by atoms with van der Waals surface area (Å²) in [6.07, 6.45) is 1.04. The normalized spacial score (nSPS) is 14.8. The van der Waals surface area contributed by atoms with Crippen molar-refractivity contribution in [3.63, 3.8) is 0 Å². The molecule has 0 saturated heterocycles. The van der Waals surface area contributed by atoms with Crippen LogP contribution in [0.2, 0.25) is 0 Å². The second-order valence-corrected chi connectivity index (χ2v) is 6.76. The topological polar surface area (TPSA) is 55.4 Å². The van der Waals surface area contributed by atoms with Crippen LogP contribution in [-0.2, 0) is 9.53 Å². The molecule has 0 bridgehead atoms. The van der Waals surface area contributed by atoms with Gasteiger partial charge in [-0.1, -0.05) is 56.3 Å². The highest BCUT2D eigenvalue weighted by Gasteiger charge is 2.31. The van der Waals surface area contributed by atoms with E-state index in [1.165, 1.54) is 0 Å². The molecule has 0 aliphatic heterocycles. The molecule has 0 spiro atoms. The van der Waals surface area contributed by atoms with Crippen molar-refractivity contribution in [3.8, 4) is 0 Å². The van der Waals surface area contributed by atoms with Crippen molar-refractivity contribution in [2.24, 2.45) is 0 Å². The Hall–Kier alpha value is -2.62. The van der Waals surface area contributed by atoms with Gasteiger partial charge in [0, 0.05) is 11.6 Å². The van der Waals surface area contributed by atoms with Gasteiger partial charge in [0.15, 0.2) is 0 Å². The summed E-state index contributed by atoms with van der Waals surface area (Å²) in [5, 5.41) is 2.92. The van der Waals surface area contributed by atoms with E-state index < -0.39 is 12.1 Å². The summed E-state index contributed by atoms with van der Waals surface area (Å²) in [5.74, 6) is -0.359. The smallest absolute Gasteiger partial charge is 0.339 e. The lowest BCUT2D eigenvalue weighted by atomic mass is 10.0. The molecule has 1 aliphatic carbocycles. The highest BCUT2D eigenvalue weighted by Crippen LogP contribution is 2.24. The van der Waals surface area contributed by atoms with Gasteiger partial charge in [-0.15, -0.1) is 0 Å². The summed E-state index contributed by atoms with van der Waals surface area (Å²) in [5.41, 5.74) is 2.28. The molecular formula is C21H23NO3. The minimum absolute atomic E-state index is 0.211. The monoisotopic (exact) mass is 337 g/mol. The number of rotatable bonds is 6. The Bertz CT molecular complexity index is 733. The molecule has 1 fully saturated rings. The number of benzene rings is 2. The third-order valence-electron chi connectivity index (χ3n) is 4.30. The van der Waals surface area contributed by atoms with Gasteiger partial charge >= 0.3 is 5.97 Å². The molecule has 2 aromatic carbocycles. The van der Waals surface area contributed by atoms with Crippen molar-refractivity contribution in [1.29, 1.82) is 0 Å². The zero-order valence-electron chi connectivity index (χ0n) is 14.6. The van der Waals surface area contributed by atoms with Crippen LogP contribution in [0, 0.1) is 0 Å². The molecule has 0 aromatic heterocycles. The first kappa shape index (κ1) is 17.2. The SMILES string of the molecule is CC(C)c1ccc(C(=O)O[C@H](C(=O)NC2CC2)c2ccccc2)cc1. The van der Waals surface area contributed by atoms with Crippen molar-refractivity contribution < 1.29 is 14.3 Å². The van der Waals surface area contributed by atoms with Gasteiger partial charge in [-0.05, 0) is 36.5 Å². The van der Waals surface area contributed by atoms with Crippen LogP contribution in [0.25, 0.3) is 0 Å². The number of carbonyl (C=O) groups excluding carboxylic acids is 2. The molecule has 0 unspecified atom stereocenters. The van der Waals surface area contributed by atoms with Crippen molar-refractivity contribution in [2.45, 2.75) is 44.8 Å². The zero-order valence-corrected chi connectivity index (χ0v) is 14.6. The molecule has 2 aromatic rings. The largest absolute Gasteiger partial charge is 0.444 e. The quantitative estimate of drug-likeness (QED) is 0.811. The molecule has 1 amide bonds. The minimum Gasteiger partial charge on any atom is -0.444 e. The fourth-order valence-electron chi connectivity index (χ4n) is 2.58. The van der Waals surface area contributed by atoms with E-state index in [-0.39, 0.29) is 11.9 Å². The average Bonchev–Trinajstić information content (AvgIpc) is 3.44. The van der Waals surface area contributed by atoms with E-state index in [2.05, 4.69) is 19.2 Å². The van der Waals surface area contributed by atoms with Gasteiger partial charge in [-0.3, -0.25) is 4.79 Å². The lowest BCUT2D eigenvalue weighted by Gasteiger charge is -2.18. The highest BCUT2D eigenvalue weighted by atomic mass is 16.5. The molecule has 1 aliphatic rings. The van der Waals surface area contributed by atoms with Crippen LogP contribution in [0.4, 0.5) is 0 Å².